The standard InChI is InChI=1S/C15H13FN2O2S/c16-11-2-1-3-12(19)14(11)15(20)18-10-6-4-9(5-7-10)8-13(17)21/h1-7,19H,8H2,(H2,17,21)(H,18,20). The first-order valence-electron chi connectivity index (χ1n) is 6.13. The van der Waals surface area contributed by atoms with Crippen molar-refractivity contribution < 1.29 is 14.3 Å². The Kier molecular flexibility index (Phi) is 4.49. The zero-order chi connectivity index (χ0) is 15.4. The fourth-order valence-corrected chi connectivity index (χ4v) is 2.00. The van der Waals surface area contributed by atoms with Crippen LogP contribution in [0.4, 0.5) is 10.1 Å². The Labute approximate surface area is 126 Å². The van der Waals surface area contributed by atoms with Crippen molar-refractivity contribution in [3.8, 4) is 5.75 Å². The fourth-order valence-electron chi connectivity index (χ4n) is 1.84. The second-order valence-corrected chi connectivity index (χ2v) is 4.95. The molecule has 6 heteroatoms. The second kappa shape index (κ2) is 6.32. The van der Waals surface area contributed by atoms with Gasteiger partial charge in [0.15, 0.2) is 0 Å². The molecular formula is C15H13FN2O2S. The van der Waals surface area contributed by atoms with Crippen LogP contribution in [0.1, 0.15) is 15.9 Å². The van der Waals surface area contributed by atoms with E-state index in [0.29, 0.717) is 17.1 Å². The van der Waals surface area contributed by atoms with E-state index in [1.54, 1.807) is 24.3 Å². The molecule has 0 radical (unpaired) electrons. The van der Waals surface area contributed by atoms with Gasteiger partial charge in [0.1, 0.15) is 17.1 Å². The molecule has 21 heavy (non-hydrogen) atoms. The Bertz CT molecular complexity index is 666. The molecule has 2 aromatic rings. The van der Waals surface area contributed by atoms with Crippen LogP contribution >= 0.6 is 12.2 Å². The minimum Gasteiger partial charge on any atom is -0.507 e. The summed E-state index contributed by atoms with van der Waals surface area (Å²) < 4.78 is 13.6. The third-order valence-electron chi connectivity index (χ3n) is 2.81. The van der Waals surface area contributed by atoms with Crippen molar-refractivity contribution >= 4 is 28.8 Å². The molecule has 0 spiro atoms. The van der Waals surface area contributed by atoms with Crippen molar-refractivity contribution in [1.29, 1.82) is 0 Å². The van der Waals surface area contributed by atoms with Gasteiger partial charge < -0.3 is 16.2 Å². The molecule has 2 aromatic carbocycles. The molecule has 2 rings (SSSR count). The maximum absolute atomic E-state index is 13.6. The van der Waals surface area contributed by atoms with Gasteiger partial charge in [-0.05, 0) is 29.8 Å². The summed E-state index contributed by atoms with van der Waals surface area (Å²) in [7, 11) is 0. The molecule has 0 aliphatic rings. The molecule has 0 aliphatic carbocycles. The lowest BCUT2D eigenvalue weighted by Gasteiger charge is -2.08. The van der Waals surface area contributed by atoms with E-state index in [1.807, 2.05) is 0 Å². The van der Waals surface area contributed by atoms with Gasteiger partial charge in [0.2, 0.25) is 0 Å². The normalized spacial score (nSPS) is 10.1. The molecule has 108 valence electrons. The Morgan fingerprint density at radius 2 is 1.90 bits per heavy atom. The average Bonchev–Trinajstić information content (AvgIpc) is 2.40. The summed E-state index contributed by atoms with van der Waals surface area (Å²) in [6, 6.07) is 10.5. The monoisotopic (exact) mass is 304 g/mol. The molecule has 0 saturated heterocycles. The highest BCUT2D eigenvalue weighted by Gasteiger charge is 2.16. The molecule has 0 aromatic heterocycles. The number of phenols is 1. The quantitative estimate of drug-likeness (QED) is 0.759. The van der Waals surface area contributed by atoms with Gasteiger partial charge in [0, 0.05) is 12.1 Å². The number of hydrogen-bond donors (Lipinski definition) is 3. The van der Waals surface area contributed by atoms with Gasteiger partial charge in [0.05, 0.1) is 4.99 Å². The highest BCUT2D eigenvalue weighted by molar-refractivity contribution is 7.80. The highest BCUT2D eigenvalue weighted by Crippen LogP contribution is 2.21. The van der Waals surface area contributed by atoms with Gasteiger partial charge in [-0.2, -0.15) is 0 Å². The van der Waals surface area contributed by atoms with Crippen molar-refractivity contribution in [3.05, 3.63) is 59.4 Å². The first kappa shape index (κ1) is 14.9. The molecular weight excluding hydrogens is 291 g/mol. The van der Waals surface area contributed by atoms with E-state index in [2.05, 4.69) is 5.32 Å². The Morgan fingerprint density at radius 3 is 2.48 bits per heavy atom. The maximum atomic E-state index is 13.6. The fraction of sp³-hybridized carbons (Fsp3) is 0.0667. The number of halogens is 1. The Hall–Kier alpha value is -2.47. The smallest absolute Gasteiger partial charge is 0.262 e. The van der Waals surface area contributed by atoms with Gasteiger partial charge in [-0.1, -0.05) is 30.4 Å². The van der Waals surface area contributed by atoms with Crippen molar-refractivity contribution in [2.45, 2.75) is 6.42 Å². The number of aromatic hydroxyl groups is 1. The minimum absolute atomic E-state index is 0.378. The number of carbonyl (C=O) groups excluding carboxylic acids is 1. The number of nitrogens with one attached hydrogen (secondary N) is 1. The van der Waals surface area contributed by atoms with Crippen molar-refractivity contribution in [2.24, 2.45) is 5.73 Å². The van der Waals surface area contributed by atoms with Crippen LogP contribution in [-0.2, 0) is 6.42 Å². The summed E-state index contributed by atoms with van der Waals surface area (Å²) >= 11 is 4.81. The molecule has 0 saturated carbocycles. The number of amides is 1. The van der Waals surface area contributed by atoms with Crippen molar-refractivity contribution in [3.63, 3.8) is 0 Å². The summed E-state index contributed by atoms with van der Waals surface area (Å²) in [4.78, 5) is 12.3. The molecule has 4 N–H and O–H groups in total. The molecule has 0 bridgehead atoms. The van der Waals surface area contributed by atoms with E-state index in [-0.39, 0.29) is 5.56 Å². The second-order valence-electron chi connectivity index (χ2n) is 4.43. The van der Waals surface area contributed by atoms with Crippen LogP contribution in [0.15, 0.2) is 42.5 Å². The SMILES string of the molecule is NC(=S)Cc1ccc(NC(=O)c2c(O)cccc2F)cc1. The van der Waals surface area contributed by atoms with E-state index in [1.165, 1.54) is 12.1 Å². The van der Waals surface area contributed by atoms with Crippen LogP contribution in [0.3, 0.4) is 0 Å². The van der Waals surface area contributed by atoms with Gasteiger partial charge >= 0.3 is 0 Å². The lowest BCUT2D eigenvalue weighted by Crippen LogP contribution is -2.14. The third kappa shape index (κ3) is 3.76. The lowest BCUT2D eigenvalue weighted by atomic mass is 10.1. The molecule has 0 aliphatic heterocycles. The molecule has 1 amide bonds. The third-order valence-corrected chi connectivity index (χ3v) is 2.95. The predicted octanol–water partition coefficient (Wildman–Crippen LogP) is 2.61. The number of thiocarbonyl (C=S) groups is 1. The predicted molar refractivity (Wildman–Crippen MR) is 82.9 cm³/mol. The number of carbonyl (C=O) groups is 1. The summed E-state index contributed by atoms with van der Waals surface area (Å²) in [5.74, 6) is -1.90. The van der Waals surface area contributed by atoms with E-state index < -0.39 is 17.5 Å². The zero-order valence-corrected chi connectivity index (χ0v) is 11.8. The highest BCUT2D eigenvalue weighted by atomic mass is 32.1. The molecule has 0 unspecified atom stereocenters. The van der Waals surface area contributed by atoms with Crippen molar-refractivity contribution in [1.82, 2.24) is 0 Å². The number of hydrogen-bond acceptors (Lipinski definition) is 3. The zero-order valence-electron chi connectivity index (χ0n) is 11.0. The molecule has 0 atom stereocenters. The van der Waals surface area contributed by atoms with Crippen LogP contribution in [0.2, 0.25) is 0 Å². The number of phenolic OH excluding ortho intramolecular Hbond substituents is 1. The topological polar surface area (TPSA) is 75.3 Å². The maximum Gasteiger partial charge on any atom is 0.262 e. The number of nitrogens with two attached hydrogens (primary N) is 1. The van der Waals surface area contributed by atoms with Gasteiger partial charge in [-0.15, -0.1) is 0 Å². The summed E-state index contributed by atoms with van der Waals surface area (Å²) in [6.07, 6.45) is 0.470. The van der Waals surface area contributed by atoms with E-state index in [4.69, 9.17) is 18.0 Å². The largest absolute Gasteiger partial charge is 0.507 e. The summed E-state index contributed by atoms with van der Waals surface area (Å²) in [5.41, 5.74) is 6.45. The first-order valence-corrected chi connectivity index (χ1v) is 6.54. The van der Waals surface area contributed by atoms with Crippen LogP contribution in [-0.4, -0.2) is 16.0 Å². The van der Waals surface area contributed by atoms with Crippen LogP contribution in [0, 0.1) is 5.82 Å². The van der Waals surface area contributed by atoms with Crippen LogP contribution in [0.25, 0.3) is 0 Å². The summed E-state index contributed by atoms with van der Waals surface area (Å²) in [6.45, 7) is 0. The number of benzene rings is 2. The van der Waals surface area contributed by atoms with Crippen LogP contribution in [0.5, 0.6) is 5.75 Å². The van der Waals surface area contributed by atoms with Crippen LogP contribution < -0.4 is 11.1 Å². The number of rotatable bonds is 4. The average molecular weight is 304 g/mol. The minimum atomic E-state index is -0.780. The van der Waals surface area contributed by atoms with E-state index in [9.17, 15) is 14.3 Å². The first-order chi connectivity index (χ1) is 9.97. The van der Waals surface area contributed by atoms with Crippen molar-refractivity contribution in [2.75, 3.05) is 5.32 Å². The summed E-state index contributed by atoms with van der Waals surface area (Å²) in [5, 5.41) is 12.1. The lowest BCUT2D eigenvalue weighted by molar-refractivity contribution is 0.102. The van der Waals surface area contributed by atoms with Gasteiger partial charge in [0.25, 0.3) is 5.91 Å². The number of anilines is 1. The van der Waals surface area contributed by atoms with E-state index >= 15 is 0 Å². The Morgan fingerprint density at radius 1 is 1.24 bits per heavy atom. The molecule has 0 heterocycles. The molecule has 4 nitrogen and oxygen atoms in total. The van der Waals surface area contributed by atoms with E-state index in [0.717, 1.165) is 11.6 Å². The van der Waals surface area contributed by atoms with Gasteiger partial charge in [-0.25, -0.2) is 4.39 Å². The molecule has 0 fully saturated rings. The van der Waals surface area contributed by atoms with Gasteiger partial charge in [-0.3, -0.25) is 4.79 Å². The Balaban J connectivity index is 2.14.